The Balaban J connectivity index is 1.72. The highest BCUT2D eigenvalue weighted by molar-refractivity contribution is 7.09. The van der Waals surface area contributed by atoms with Crippen molar-refractivity contribution in [1.29, 1.82) is 0 Å². The molecular weight excluding hydrogens is 268 g/mol. The monoisotopic (exact) mass is 288 g/mol. The van der Waals surface area contributed by atoms with Crippen LogP contribution in [0, 0.1) is 0 Å². The van der Waals surface area contributed by atoms with Crippen molar-refractivity contribution in [2.75, 3.05) is 19.8 Å². The zero-order valence-corrected chi connectivity index (χ0v) is 12.6. The topological polar surface area (TPSA) is 34.1 Å². The summed E-state index contributed by atoms with van der Waals surface area (Å²) < 4.78 is 5.43. The van der Waals surface area contributed by atoms with Gasteiger partial charge in [0.25, 0.3) is 0 Å². The molecule has 1 aromatic carbocycles. The highest BCUT2D eigenvalue weighted by Gasteiger charge is 2.03. The van der Waals surface area contributed by atoms with Crippen molar-refractivity contribution in [3.05, 3.63) is 52.9 Å². The zero-order valence-electron chi connectivity index (χ0n) is 11.8. The third kappa shape index (κ3) is 4.89. The maximum Gasteiger partial charge on any atom is 0.107 e. The summed E-state index contributed by atoms with van der Waals surface area (Å²) in [6.45, 7) is 8.71. The van der Waals surface area contributed by atoms with Crippen LogP contribution in [0.3, 0.4) is 0 Å². The van der Waals surface area contributed by atoms with Gasteiger partial charge in [-0.25, -0.2) is 4.98 Å². The Morgan fingerprint density at radius 1 is 1.35 bits per heavy atom. The van der Waals surface area contributed by atoms with Crippen molar-refractivity contribution in [2.24, 2.45) is 0 Å². The van der Waals surface area contributed by atoms with Gasteiger partial charge in [0.2, 0.25) is 0 Å². The third-order valence-corrected chi connectivity index (χ3v) is 3.52. The van der Waals surface area contributed by atoms with Crippen LogP contribution in [0.4, 0.5) is 0 Å². The van der Waals surface area contributed by atoms with E-state index in [-0.39, 0.29) is 0 Å². The summed E-state index contributed by atoms with van der Waals surface area (Å²) in [5, 5.41) is 6.54. The lowest BCUT2D eigenvalue weighted by Gasteiger charge is -2.04. The average Bonchev–Trinajstić information content (AvgIpc) is 2.92. The Kier molecular flexibility index (Phi) is 5.92. The second-order valence-corrected chi connectivity index (χ2v) is 5.62. The fraction of sp³-hybridized carbons (Fsp3) is 0.312. The van der Waals surface area contributed by atoms with E-state index in [0.717, 1.165) is 29.4 Å². The first-order valence-electron chi connectivity index (χ1n) is 6.68. The third-order valence-electron chi connectivity index (χ3n) is 2.67. The summed E-state index contributed by atoms with van der Waals surface area (Å²) in [4.78, 5) is 4.63. The van der Waals surface area contributed by atoms with Crippen molar-refractivity contribution in [1.82, 2.24) is 10.3 Å². The van der Waals surface area contributed by atoms with Crippen molar-refractivity contribution in [3.8, 4) is 11.3 Å². The molecule has 2 rings (SSSR count). The lowest BCUT2D eigenvalue weighted by molar-refractivity contribution is 0.158. The van der Waals surface area contributed by atoms with Gasteiger partial charge in [-0.3, -0.25) is 0 Å². The minimum Gasteiger partial charge on any atom is -0.376 e. The molecule has 2 aromatic rings. The normalized spacial score (nSPS) is 10.7. The van der Waals surface area contributed by atoms with Crippen LogP contribution < -0.4 is 5.32 Å². The van der Waals surface area contributed by atoms with Crippen LogP contribution in [0.15, 0.2) is 47.9 Å². The highest BCUT2D eigenvalue weighted by Crippen LogP contribution is 2.21. The largest absolute Gasteiger partial charge is 0.376 e. The first-order chi connectivity index (χ1) is 9.75. The predicted molar refractivity (Wildman–Crippen MR) is 84.9 cm³/mol. The number of benzene rings is 1. The quantitative estimate of drug-likeness (QED) is 0.596. The molecule has 0 aliphatic heterocycles. The van der Waals surface area contributed by atoms with Gasteiger partial charge in [0.1, 0.15) is 5.01 Å². The smallest absolute Gasteiger partial charge is 0.107 e. The number of thiazole rings is 1. The van der Waals surface area contributed by atoms with Crippen LogP contribution in [-0.2, 0) is 11.3 Å². The Labute approximate surface area is 124 Å². The van der Waals surface area contributed by atoms with Gasteiger partial charge >= 0.3 is 0 Å². The fourth-order valence-electron chi connectivity index (χ4n) is 1.72. The number of ether oxygens (including phenoxy) is 1. The van der Waals surface area contributed by atoms with Crippen LogP contribution >= 0.6 is 11.3 Å². The number of nitrogens with one attached hydrogen (secondary N) is 1. The zero-order chi connectivity index (χ0) is 14.2. The molecule has 1 heterocycles. The first kappa shape index (κ1) is 14.9. The molecule has 0 spiro atoms. The Hall–Kier alpha value is -1.49. The molecule has 0 aliphatic rings. The molecule has 0 unspecified atom stereocenters. The lowest BCUT2D eigenvalue weighted by atomic mass is 10.2. The number of hydrogen-bond acceptors (Lipinski definition) is 4. The van der Waals surface area contributed by atoms with Gasteiger partial charge in [-0.15, -0.1) is 11.3 Å². The number of nitrogens with zero attached hydrogens (tertiary/aromatic N) is 1. The molecule has 1 N–H and O–H groups in total. The van der Waals surface area contributed by atoms with Gasteiger partial charge < -0.3 is 10.1 Å². The summed E-state index contributed by atoms with van der Waals surface area (Å²) >= 11 is 1.68. The molecule has 4 heteroatoms. The van der Waals surface area contributed by atoms with E-state index >= 15 is 0 Å². The van der Waals surface area contributed by atoms with E-state index in [1.54, 1.807) is 11.3 Å². The molecule has 3 nitrogen and oxygen atoms in total. The lowest BCUT2D eigenvalue weighted by Crippen LogP contribution is -2.19. The first-order valence-corrected chi connectivity index (χ1v) is 7.56. The van der Waals surface area contributed by atoms with E-state index in [9.17, 15) is 0 Å². The Morgan fingerprint density at radius 2 is 2.15 bits per heavy atom. The molecule has 0 bridgehead atoms. The average molecular weight is 288 g/mol. The molecule has 0 fully saturated rings. The standard InChI is InChI=1S/C16H20N2OS/c1-13(2)11-19-9-8-17-10-16-18-15(12-20-16)14-6-4-3-5-7-14/h3-7,12,17H,1,8-11H2,2H3. The van der Waals surface area contributed by atoms with Gasteiger partial charge in [0.05, 0.1) is 18.9 Å². The molecule has 0 saturated heterocycles. The Bertz CT molecular complexity index is 536. The van der Waals surface area contributed by atoms with Crippen LogP contribution in [0.25, 0.3) is 11.3 Å². The molecule has 0 aliphatic carbocycles. The predicted octanol–water partition coefficient (Wildman–Crippen LogP) is 3.49. The van der Waals surface area contributed by atoms with E-state index < -0.39 is 0 Å². The molecule has 0 atom stereocenters. The van der Waals surface area contributed by atoms with Crippen LogP contribution in [-0.4, -0.2) is 24.7 Å². The van der Waals surface area contributed by atoms with Gasteiger partial charge in [-0.05, 0) is 6.92 Å². The SMILES string of the molecule is C=C(C)COCCNCc1nc(-c2ccccc2)cs1. The van der Waals surface area contributed by atoms with E-state index in [1.165, 1.54) is 5.56 Å². The second-order valence-electron chi connectivity index (χ2n) is 4.68. The molecule has 0 saturated carbocycles. The fourth-order valence-corrected chi connectivity index (χ4v) is 2.49. The summed E-state index contributed by atoms with van der Waals surface area (Å²) in [6, 6.07) is 10.2. The van der Waals surface area contributed by atoms with E-state index in [1.807, 2.05) is 25.1 Å². The van der Waals surface area contributed by atoms with Crippen molar-refractivity contribution < 1.29 is 4.74 Å². The van der Waals surface area contributed by atoms with E-state index in [0.29, 0.717) is 13.2 Å². The minimum atomic E-state index is 0.636. The molecule has 1 aromatic heterocycles. The molecular formula is C16H20N2OS. The van der Waals surface area contributed by atoms with Crippen molar-refractivity contribution in [3.63, 3.8) is 0 Å². The van der Waals surface area contributed by atoms with Gasteiger partial charge in [-0.1, -0.05) is 42.5 Å². The van der Waals surface area contributed by atoms with Gasteiger partial charge in [0, 0.05) is 24.0 Å². The van der Waals surface area contributed by atoms with Crippen LogP contribution in [0.1, 0.15) is 11.9 Å². The maximum atomic E-state index is 5.43. The van der Waals surface area contributed by atoms with Gasteiger partial charge in [0.15, 0.2) is 0 Å². The number of aromatic nitrogens is 1. The van der Waals surface area contributed by atoms with Crippen molar-refractivity contribution >= 4 is 11.3 Å². The molecule has 106 valence electrons. The molecule has 20 heavy (non-hydrogen) atoms. The second kappa shape index (κ2) is 7.94. The van der Waals surface area contributed by atoms with Crippen LogP contribution in [0.2, 0.25) is 0 Å². The summed E-state index contributed by atoms with van der Waals surface area (Å²) in [7, 11) is 0. The number of hydrogen-bond donors (Lipinski definition) is 1. The summed E-state index contributed by atoms with van der Waals surface area (Å²) in [6.07, 6.45) is 0. The van der Waals surface area contributed by atoms with Crippen molar-refractivity contribution in [2.45, 2.75) is 13.5 Å². The highest BCUT2D eigenvalue weighted by atomic mass is 32.1. The summed E-state index contributed by atoms with van der Waals surface area (Å²) in [5.74, 6) is 0. The van der Waals surface area contributed by atoms with Gasteiger partial charge in [-0.2, -0.15) is 0 Å². The molecule has 0 radical (unpaired) electrons. The van der Waals surface area contributed by atoms with E-state index in [4.69, 9.17) is 4.74 Å². The number of rotatable bonds is 8. The molecule has 0 amide bonds. The van der Waals surface area contributed by atoms with E-state index in [2.05, 4.69) is 34.4 Å². The van der Waals surface area contributed by atoms with Crippen LogP contribution in [0.5, 0.6) is 0 Å². The maximum absolute atomic E-state index is 5.43. The summed E-state index contributed by atoms with van der Waals surface area (Å²) in [5.41, 5.74) is 3.27. The Morgan fingerprint density at radius 3 is 2.90 bits per heavy atom. The minimum absolute atomic E-state index is 0.636.